The molecule has 1 aliphatic heterocycles. The zero-order valence-electron chi connectivity index (χ0n) is 4.01. The number of aliphatic imine (C=N–C) groups is 1. The molecule has 2 heteroatoms. The van der Waals surface area contributed by atoms with Crippen molar-refractivity contribution in [1.29, 1.82) is 0 Å². The van der Waals surface area contributed by atoms with Crippen LogP contribution in [0.25, 0.3) is 0 Å². The van der Waals surface area contributed by atoms with Crippen LogP contribution in [0.4, 0.5) is 0 Å². The van der Waals surface area contributed by atoms with Gasteiger partial charge >= 0.3 is 0 Å². The molecule has 7 heavy (non-hydrogen) atoms. The number of allylic oxidation sites excluding steroid dienone is 1. The summed E-state index contributed by atoms with van der Waals surface area (Å²) in [7, 11) is 0. The van der Waals surface area contributed by atoms with Crippen molar-refractivity contribution >= 4 is 5.87 Å². The first-order chi connectivity index (χ1) is 3.39. The maximum Gasteiger partial charge on any atom is 0.161 e. The van der Waals surface area contributed by atoms with Crippen LogP contribution in [0.3, 0.4) is 0 Å². The fourth-order valence-corrected chi connectivity index (χ4v) is 0.317. The highest BCUT2D eigenvalue weighted by Crippen LogP contribution is 1.93. The summed E-state index contributed by atoms with van der Waals surface area (Å²) in [5.41, 5.74) is 0. The zero-order chi connectivity index (χ0) is 5.11. The summed E-state index contributed by atoms with van der Waals surface area (Å²) in [4.78, 5) is 3.67. The molecule has 2 nitrogen and oxygen atoms in total. The lowest BCUT2D eigenvalue weighted by Crippen LogP contribution is -1.80. The third-order valence-electron chi connectivity index (χ3n) is 0.602. The molecule has 0 unspecified atom stereocenters. The molecule has 0 N–H and O–H groups in total. The molecule has 0 saturated heterocycles. The van der Waals surface area contributed by atoms with Gasteiger partial charge in [0.25, 0.3) is 0 Å². The van der Waals surface area contributed by atoms with E-state index < -0.39 is 0 Å². The van der Waals surface area contributed by atoms with Crippen molar-refractivity contribution < 1.29 is 4.74 Å². The van der Waals surface area contributed by atoms with Gasteiger partial charge in [0.15, 0.2) is 5.76 Å². The van der Waals surface area contributed by atoms with E-state index in [1.807, 2.05) is 0 Å². The molecule has 0 saturated carbocycles. The van der Waals surface area contributed by atoms with Gasteiger partial charge in [-0.2, -0.15) is 0 Å². The maximum atomic E-state index is 4.81. The van der Waals surface area contributed by atoms with Gasteiger partial charge in [-0.3, -0.25) is 0 Å². The van der Waals surface area contributed by atoms with Crippen molar-refractivity contribution in [1.82, 2.24) is 0 Å². The van der Waals surface area contributed by atoms with E-state index in [9.17, 15) is 0 Å². The molecule has 0 aromatic rings. The first kappa shape index (κ1) is 4.16. The highest BCUT2D eigenvalue weighted by molar-refractivity contribution is 5.56. The van der Waals surface area contributed by atoms with Gasteiger partial charge in [0.1, 0.15) is 6.26 Å². The van der Waals surface area contributed by atoms with Gasteiger partial charge < -0.3 is 4.74 Å². The molecule has 1 rings (SSSR count). The second-order valence-electron chi connectivity index (χ2n) is 1.20. The number of nitrogens with zero attached hydrogens (tertiary/aromatic N) is 1. The van der Waals surface area contributed by atoms with Crippen LogP contribution in [0.1, 0.15) is 6.92 Å². The SMILES string of the molecule is CC1=C=NC=CO1. The minimum absolute atomic E-state index is 0.711. The summed E-state index contributed by atoms with van der Waals surface area (Å²) >= 11 is 0. The second kappa shape index (κ2) is 1.63. The van der Waals surface area contributed by atoms with Crippen molar-refractivity contribution in [3.05, 3.63) is 18.2 Å². The lowest BCUT2D eigenvalue weighted by Gasteiger charge is -1.94. The average molecular weight is 95.1 g/mol. The Labute approximate surface area is 41.8 Å². The van der Waals surface area contributed by atoms with Crippen LogP contribution < -0.4 is 0 Å². The Hall–Kier alpha value is -1.01. The average Bonchev–Trinajstić information content (AvgIpc) is 1.69. The fourth-order valence-electron chi connectivity index (χ4n) is 0.317. The summed E-state index contributed by atoms with van der Waals surface area (Å²) in [5, 5.41) is 0. The first-order valence-electron chi connectivity index (χ1n) is 2.00. The predicted molar refractivity (Wildman–Crippen MR) is 26.8 cm³/mol. The Kier molecular flexibility index (Phi) is 0.966. The molecule has 0 atom stereocenters. The normalized spacial score (nSPS) is 15.9. The van der Waals surface area contributed by atoms with Gasteiger partial charge in [-0.25, -0.2) is 4.99 Å². The van der Waals surface area contributed by atoms with E-state index in [2.05, 4.69) is 10.9 Å². The van der Waals surface area contributed by atoms with Crippen molar-refractivity contribution in [2.45, 2.75) is 6.92 Å². The predicted octanol–water partition coefficient (Wildman–Crippen LogP) is 1.06. The van der Waals surface area contributed by atoms with Crippen LogP contribution in [0, 0.1) is 0 Å². The Morgan fingerprint density at radius 1 is 1.86 bits per heavy atom. The zero-order valence-corrected chi connectivity index (χ0v) is 4.01. The van der Waals surface area contributed by atoms with Gasteiger partial charge in [0, 0.05) is 12.8 Å². The topological polar surface area (TPSA) is 21.6 Å². The highest BCUT2D eigenvalue weighted by atomic mass is 16.5. The highest BCUT2D eigenvalue weighted by Gasteiger charge is 1.83. The van der Waals surface area contributed by atoms with Crippen LogP contribution >= 0.6 is 0 Å². The van der Waals surface area contributed by atoms with Crippen LogP contribution in [0.2, 0.25) is 0 Å². The number of ether oxygens (including phenoxy) is 1. The number of hydrogen-bond acceptors (Lipinski definition) is 2. The summed E-state index contributed by atoms with van der Waals surface area (Å²) in [6, 6.07) is 0. The molecular weight excluding hydrogens is 90.1 g/mol. The summed E-state index contributed by atoms with van der Waals surface area (Å²) in [5.74, 6) is 3.33. The van der Waals surface area contributed by atoms with E-state index in [4.69, 9.17) is 4.74 Å². The molecule has 0 amide bonds. The Morgan fingerprint density at radius 3 is 3.00 bits per heavy atom. The van der Waals surface area contributed by atoms with Gasteiger partial charge in [-0.15, -0.1) is 0 Å². The van der Waals surface area contributed by atoms with Gasteiger partial charge in [-0.1, -0.05) is 0 Å². The standard InChI is InChI=1S/C5H5NO/c1-5-4-6-2-3-7-5/h2-3H,1H3. The molecule has 0 aliphatic carbocycles. The van der Waals surface area contributed by atoms with Crippen molar-refractivity contribution in [2.75, 3.05) is 0 Å². The quantitative estimate of drug-likeness (QED) is 0.441. The third kappa shape index (κ3) is 0.913. The largest absolute Gasteiger partial charge is 0.458 e. The maximum absolute atomic E-state index is 4.81. The van der Waals surface area contributed by atoms with Gasteiger partial charge in [0.05, 0.1) is 6.20 Å². The molecule has 0 fully saturated rings. The molecule has 0 aromatic heterocycles. The second-order valence-corrected chi connectivity index (χ2v) is 1.20. The fraction of sp³-hybridized carbons (Fsp3) is 0.200. The summed E-state index contributed by atoms with van der Waals surface area (Å²) < 4.78 is 4.81. The minimum atomic E-state index is 0.711. The molecule has 0 spiro atoms. The lowest BCUT2D eigenvalue weighted by atomic mass is 10.6. The third-order valence-corrected chi connectivity index (χ3v) is 0.602. The molecule has 1 aliphatic rings. The number of hydrogen-bond donors (Lipinski definition) is 0. The molecular formula is C5H5NO. The monoisotopic (exact) mass is 95.0 g/mol. The van der Waals surface area contributed by atoms with Crippen molar-refractivity contribution in [3.63, 3.8) is 0 Å². The summed E-state index contributed by atoms with van der Waals surface area (Å²) in [6.45, 7) is 1.80. The Morgan fingerprint density at radius 2 is 2.71 bits per heavy atom. The minimum Gasteiger partial charge on any atom is -0.458 e. The molecule has 0 radical (unpaired) electrons. The molecule has 0 bridgehead atoms. The van der Waals surface area contributed by atoms with Gasteiger partial charge in [0.2, 0.25) is 0 Å². The Bertz CT molecular complexity index is 151. The lowest BCUT2D eigenvalue weighted by molar-refractivity contribution is 0.357. The van der Waals surface area contributed by atoms with E-state index in [0.717, 1.165) is 0 Å². The smallest absolute Gasteiger partial charge is 0.161 e. The molecule has 1 heterocycles. The van der Waals surface area contributed by atoms with Crippen molar-refractivity contribution in [3.8, 4) is 0 Å². The van der Waals surface area contributed by atoms with E-state index in [1.54, 1.807) is 13.1 Å². The van der Waals surface area contributed by atoms with Gasteiger partial charge in [-0.05, 0) is 0 Å². The number of rotatable bonds is 0. The van der Waals surface area contributed by atoms with E-state index >= 15 is 0 Å². The molecule has 0 aromatic carbocycles. The van der Waals surface area contributed by atoms with Crippen LogP contribution in [0.5, 0.6) is 0 Å². The first-order valence-corrected chi connectivity index (χ1v) is 2.00. The Balaban J connectivity index is 2.84. The van der Waals surface area contributed by atoms with E-state index in [0.29, 0.717) is 5.76 Å². The van der Waals surface area contributed by atoms with Crippen LogP contribution in [0.15, 0.2) is 23.2 Å². The van der Waals surface area contributed by atoms with E-state index in [-0.39, 0.29) is 0 Å². The molecule has 36 valence electrons. The van der Waals surface area contributed by atoms with E-state index in [1.165, 1.54) is 6.26 Å². The van der Waals surface area contributed by atoms with Crippen LogP contribution in [-0.2, 0) is 4.74 Å². The van der Waals surface area contributed by atoms with Crippen molar-refractivity contribution in [2.24, 2.45) is 4.99 Å². The summed E-state index contributed by atoms with van der Waals surface area (Å²) in [6.07, 6.45) is 3.07. The van der Waals surface area contributed by atoms with Crippen LogP contribution in [-0.4, -0.2) is 5.87 Å².